The lowest BCUT2D eigenvalue weighted by molar-refractivity contribution is 0.504. The molecule has 3 aromatic rings. The third kappa shape index (κ3) is 4.04. The molecule has 0 amide bonds. The Hall–Kier alpha value is -2.71. The monoisotopic (exact) mass is 361 g/mol. The first-order valence-electron chi connectivity index (χ1n) is 7.26. The topological polar surface area (TPSA) is 72.0 Å². The Morgan fingerprint density at radius 1 is 1.00 bits per heavy atom. The minimum absolute atomic E-state index is 0.0261. The molecule has 0 saturated carbocycles. The fraction of sp³-hybridized carbons (Fsp3) is 0.0588. The molecule has 25 heavy (non-hydrogen) atoms. The van der Waals surface area contributed by atoms with E-state index in [0.717, 1.165) is 17.7 Å². The molecule has 128 valence electrons. The van der Waals surface area contributed by atoms with E-state index in [1.807, 2.05) is 6.07 Å². The molecule has 0 fully saturated rings. The fourth-order valence-electron chi connectivity index (χ4n) is 2.12. The second-order valence-electron chi connectivity index (χ2n) is 5.19. The van der Waals surface area contributed by atoms with Gasteiger partial charge in [0, 0.05) is 30.7 Å². The molecule has 3 rings (SSSR count). The van der Waals surface area contributed by atoms with Gasteiger partial charge in [-0.1, -0.05) is 6.07 Å². The van der Waals surface area contributed by atoms with Gasteiger partial charge in [0.15, 0.2) is 11.6 Å². The second kappa shape index (κ2) is 7.04. The maximum atomic E-state index is 13.2. The average Bonchev–Trinajstić information content (AvgIpc) is 2.63. The van der Waals surface area contributed by atoms with E-state index in [1.165, 1.54) is 6.20 Å². The van der Waals surface area contributed by atoms with E-state index < -0.39 is 21.7 Å². The summed E-state index contributed by atoms with van der Waals surface area (Å²) in [5.74, 6) is -2.32. The molecular formula is C17H13F2N3O2S. The van der Waals surface area contributed by atoms with Crippen molar-refractivity contribution in [1.29, 1.82) is 0 Å². The Kier molecular flexibility index (Phi) is 4.82. The minimum Gasteiger partial charge on any atom is -0.264 e. The second-order valence-corrected chi connectivity index (χ2v) is 6.96. The van der Waals surface area contributed by atoms with Crippen molar-refractivity contribution in [3.05, 3.63) is 78.3 Å². The van der Waals surface area contributed by atoms with Crippen LogP contribution in [-0.2, 0) is 16.6 Å². The molecule has 0 aliphatic heterocycles. The Morgan fingerprint density at radius 3 is 2.48 bits per heavy atom. The summed E-state index contributed by atoms with van der Waals surface area (Å²) in [6.45, 7) is -0.0261. The van der Waals surface area contributed by atoms with E-state index in [0.29, 0.717) is 17.3 Å². The highest BCUT2D eigenvalue weighted by Crippen LogP contribution is 2.16. The van der Waals surface area contributed by atoms with Gasteiger partial charge in [-0.25, -0.2) is 21.9 Å². The molecule has 2 heterocycles. The number of benzene rings is 1. The standard InChI is InChI=1S/C17H13F2N3O2S/c18-15-5-4-14(8-16(15)19)25(23,24)22-10-12-3-6-17(21-9-12)13-2-1-7-20-11-13/h1-9,11,22H,10H2. The highest BCUT2D eigenvalue weighted by Gasteiger charge is 2.16. The highest BCUT2D eigenvalue weighted by atomic mass is 32.2. The van der Waals surface area contributed by atoms with Crippen molar-refractivity contribution in [1.82, 2.24) is 14.7 Å². The molecule has 0 aliphatic rings. The lowest BCUT2D eigenvalue weighted by Crippen LogP contribution is -2.23. The number of aromatic nitrogens is 2. The summed E-state index contributed by atoms with van der Waals surface area (Å²) in [6, 6.07) is 9.54. The van der Waals surface area contributed by atoms with E-state index in [-0.39, 0.29) is 11.4 Å². The molecule has 1 aromatic carbocycles. The number of halogens is 2. The van der Waals surface area contributed by atoms with Crippen molar-refractivity contribution in [2.24, 2.45) is 0 Å². The Bertz CT molecular complexity index is 979. The minimum atomic E-state index is -3.95. The van der Waals surface area contributed by atoms with Gasteiger partial charge in [0.2, 0.25) is 10.0 Å². The normalized spacial score (nSPS) is 11.4. The Morgan fingerprint density at radius 2 is 1.84 bits per heavy atom. The van der Waals surface area contributed by atoms with E-state index in [4.69, 9.17) is 0 Å². The van der Waals surface area contributed by atoms with Gasteiger partial charge in [-0.05, 0) is 42.0 Å². The summed E-state index contributed by atoms with van der Waals surface area (Å²) in [4.78, 5) is 7.93. The van der Waals surface area contributed by atoms with Crippen LogP contribution in [-0.4, -0.2) is 18.4 Å². The van der Waals surface area contributed by atoms with Crippen LogP contribution >= 0.6 is 0 Å². The number of hydrogen-bond donors (Lipinski definition) is 1. The molecule has 0 spiro atoms. The zero-order valence-electron chi connectivity index (χ0n) is 12.9. The lowest BCUT2D eigenvalue weighted by Gasteiger charge is -2.08. The van der Waals surface area contributed by atoms with E-state index in [9.17, 15) is 17.2 Å². The lowest BCUT2D eigenvalue weighted by atomic mass is 10.1. The number of sulfonamides is 1. The van der Waals surface area contributed by atoms with Crippen LogP contribution in [0.3, 0.4) is 0 Å². The summed E-state index contributed by atoms with van der Waals surface area (Å²) in [5.41, 5.74) is 2.18. The van der Waals surface area contributed by atoms with Gasteiger partial charge in [-0.2, -0.15) is 0 Å². The van der Waals surface area contributed by atoms with Crippen LogP contribution in [0.2, 0.25) is 0 Å². The molecular weight excluding hydrogens is 348 g/mol. The summed E-state index contributed by atoms with van der Waals surface area (Å²) < 4.78 is 52.7. The van der Waals surface area contributed by atoms with Crippen molar-refractivity contribution in [3.63, 3.8) is 0 Å². The predicted octanol–water partition coefficient (Wildman–Crippen LogP) is 2.90. The third-order valence-corrected chi connectivity index (χ3v) is 4.85. The van der Waals surface area contributed by atoms with Crippen LogP contribution in [0.25, 0.3) is 11.3 Å². The quantitative estimate of drug-likeness (QED) is 0.758. The predicted molar refractivity (Wildman–Crippen MR) is 87.9 cm³/mol. The molecule has 5 nitrogen and oxygen atoms in total. The van der Waals surface area contributed by atoms with Gasteiger partial charge < -0.3 is 0 Å². The van der Waals surface area contributed by atoms with Gasteiger partial charge in [-0.3, -0.25) is 9.97 Å². The Labute approximate surface area is 143 Å². The summed E-state index contributed by atoms with van der Waals surface area (Å²) in [7, 11) is -3.95. The molecule has 0 aliphatic carbocycles. The van der Waals surface area contributed by atoms with Gasteiger partial charge >= 0.3 is 0 Å². The number of rotatable bonds is 5. The third-order valence-electron chi connectivity index (χ3n) is 3.45. The molecule has 2 aromatic heterocycles. The molecule has 0 saturated heterocycles. The maximum absolute atomic E-state index is 13.2. The van der Waals surface area contributed by atoms with E-state index in [2.05, 4.69) is 14.7 Å². The van der Waals surface area contributed by atoms with Gasteiger partial charge in [0.25, 0.3) is 0 Å². The van der Waals surface area contributed by atoms with Crippen molar-refractivity contribution < 1.29 is 17.2 Å². The zero-order chi connectivity index (χ0) is 17.9. The summed E-state index contributed by atoms with van der Waals surface area (Å²) in [6.07, 6.45) is 4.87. The largest absolute Gasteiger partial charge is 0.264 e. The van der Waals surface area contributed by atoms with Crippen LogP contribution < -0.4 is 4.72 Å². The number of nitrogens with one attached hydrogen (secondary N) is 1. The van der Waals surface area contributed by atoms with Crippen LogP contribution in [0, 0.1) is 11.6 Å². The molecule has 0 radical (unpaired) electrons. The molecule has 1 N–H and O–H groups in total. The van der Waals surface area contributed by atoms with Gasteiger partial charge in [-0.15, -0.1) is 0 Å². The van der Waals surface area contributed by atoms with Crippen molar-refractivity contribution in [2.75, 3.05) is 0 Å². The summed E-state index contributed by atoms with van der Waals surface area (Å²) >= 11 is 0. The number of hydrogen-bond acceptors (Lipinski definition) is 4. The summed E-state index contributed by atoms with van der Waals surface area (Å²) in [5, 5.41) is 0. The van der Waals surface area contributed by atoms with Crippen LogP contribution in [0.5, 0.6) is 0 Å². The van der Waals surface area contributed by atoms with Crippen molar-refractivity contribution in [3.8, 4) is 11.3 Å². The first-order chi connectivity index (χ1) is 12.0. The van der Waals surface area contributed by atoms with Gasteiger partial charge in [0.1, 0.15) is 0 Å². The van der Waals surface area contributed by atoms with Crippen molar-refractivity contribution in [2.45, 2.75) is 11.4 Å². The number of nitrogens with zero attached hydrogens (tertiary/aromatic N) is 2. The first-order valence-corrected chi connectivity index (χ1v) is 8.74. The maximum Gasteiger partial charge on any atom is 0.240 e. The SMILES string of the molecule is O=S(=O)(NCc1ccc(-c2cccnc2)nc1)c1ccc(F)c(F)c1. The van der Waals surface area contributed by atoms with E-state index in [1.54, 1.807) is 30.6 Å². The van der Waals surface area contributed by atoms with E-state index >= 15 is 0 Å². The smallest absolute Gasteiger partial charge is 0.240 e. The van der Waals surface area contributed by atoms with Crippen molar-refractivity contribution >= 4 is 10.0 Å². The molecule has 0 bridgehead atoms. The highest BCUT2D eigenvalue weighted by molar-refractivity contribution is 7.89. The van der Waals surface area contributed by atoms with Crippen LogP contribution in [0.4, 0.5) is 8.78 Å². The van der Waals surface area contributed by atoms with Gasteiger partial charge in [0.05, 0.1) is 10.6 Å². The molecule has 0 atom stereocenters. The molecule has 0 unspecified atom stereocenters. The zero-order valence-corrected chi connectivity index (χ0v) is 13.7. The van der Waals surface area contributed by atoms with Crippen LogP contribution in [0.15, 0.2) is 66.0 Å². The first kappa shape index (κ1) is 17.1. The van der Waals surface area contributed by atoms with Crippen LogP contribution in [0.1, 0.15) is 5.56 Å². The Balaban J connectivity index is 1.71. The molecule has 8 heteroatoms. The average molecular weight is 361 g/mol. The number of pyridine rings is 2. The fourth-order valence-corrected chi connectivity index (χ4v) is 3.15.